The van der Waals surface area contributed by atoms with Gasteiger partial charge < -0.3 is 5.32 Å². The van der Waals surface area contributed by atoms with Crippen LogP contribution in [0.1, 0.15) is 15.2 Å². The quantitative estimate of drug-likeness (QED) is 0.869. The number of carbonyl (C=O) groups is 1. The minimum absolute atomic E-state index is 0.0999. The predicted molar refractivity (Wildman–Crippen MR) is 76.6 cm³/mol. The molecule has 1 N–H and O–H groups in total. The molecule has 0 aliphatic rings. The Morgan fingerprint density at radius 1 is 1.50 bits per heavy atom. The summed E-state index contributed by atoms with van der Waals surface area (Å²) in [6.45, 7) is 2.00. The van der Waals surface area contributed by atoms with Gasteiger partial charge >= 0.3 is 0 Å². The highest BCUT2D eigenvalue weighted by Crippen LogP contribution is 2.27. The van der Waals surface area contributed by atoms with Crippen molar-refractivity contribution in [1.82, 2.24) is 9.62 Å². The van der Waals surface area contributed by atoms with Gasteiger partial charge in [0.1, 0.15) is 0 Å². The fraction of sp³-hybridized carbons (Fsp3) is 0.500. The number of amides is 1. The molecule has 1 rings (SSSR count). The maximum atomic E-state index is 11.7. The first-order valence-corrected chi connectivity index (χ1v) is 8.40. The van der Waals surface area contributed by atoms with E-state index in [1.807, 2.05) is 6.92 Å². The number of thiophene rings is 1. The van der Waals surface area contributed by atoms with E-state index in [2.05, 4.69) is 21.2 Å². The Bertz CT molecular complexity index is 518. The third-order valence-corrected chi connectivity index (χ3v) is 6.25. The Labute approximate surface area is 119 Å². The zero-order chi connectivity index (χ0) is 13.9. The van der Waals surface area contributed by atoms with Crippen LogP contribution in [-0.2, 0) is 10.0 Å². The number of aryl methyl sites for hydroxylation is 1. The average Bonchev–Trinajstić information content (AvgIpc) is 2.58. The van der Waals surface area contributed by atoms with Gasteiger partial charge in [0.05, 0.1) is 14.4 Å². The molecule has 102 valence electrons. The van der Waals surface area contributed by atoms with E-state index in [0.717, 1.165) is 13.7 Å². The number of carbonyl (C=O) groups excluding carboxylic acids is 1. The van der Waals surface area contributed by atoms with Crippen LogP contribution in [0.4, 0.5) is 0 Å². The molecule has 1 aromatic rings. The summed E-state index contributed by atoms with van der Waals surface area (Å²) in [5.41, 5.74) is 0.992. The minimum atomic E-state index is -3.27. The van der Waals surface area contributed by atoms with E-state index in [0.29, 0.717) is 4.88 Å². The van der Waals surface area contributed by atoms with Crippen molar-refractivity contribution < 1.29 is 13.2 Å². The summed E-state index contributed by atoms with van der Waals surface area (Å²) in [7, 11) is -0.328. The van der Waals surface area contributed by atoms with E-state index >= 15 is 0 Å². The summed E-state index contributed by atoms with van der Waals surface area (Å²) in [6, 6.07) is 1.77. The second kappa shape index (κ2) is 6.14. The van der Waals surface area contributed by atoms with Crippen molar-refractivity contribution in [2.75, 3.05) is 26.4 Å². The van der Waals surface area contributed by atoms with Gasteiger partial charge in [-0.2, -0.15) is 0 Å². The first kappa shape index (κ1) is 15.6. The van der Waals surface area contributed by atoms with Crippen LogP contribution in [0.2, 0.25) is 0 Å². The topological polar surface area (TPSA) is 66.5 Å². The number of halogens is 1. The summed E-state index contributed by atoms with van der Waals surface area (Å²) in [5.74, 6) is -0.347. The van der Waals surface area contributed by atoms with Crippen molar-refractivity contribution in [3.63, 3.8) is 0 Å². The van der Waals surface area contributed by atoms with E-state index in [9.17, 15) is 13.2 Å². The molecule has 1 heterocycles. The number of rotatable bonds is 5. The molecule has 0 aliphatic carbocycles. The normalized spacial score (nSPS) is 11.8. The van der Waals surface area contributed by atoms with Gasteiger partial charge in [-0.05, 0) is 34.5 Å². The lowest BCUT2D eigenvalue weighted by Crippen LogP contribution is -2.33. The summed E-state index contributed by atoms with van der Waals surface area (Å²) in [6.07, 6.45) is 0. The lowest BCUT2D eigenvalue weighted by molar-refractivity contribution is 0.0960. The van der Waals surface area contributed by atoms with Gasteiger partial charge in [-0.15, -0.1) is 11.3 Å². The lowest BCUT2D eigenvalue weighted by Gasteiger charge is -2.11. The molecular formula is C10H15BrN2O3S2. The van der Waals surface area contributed by atoms with Crippen molar-refractivity contribution in [2.24, 2.45) is 0 Å². The second-order valence-electron chi connectivity index (χ2n) is 3.92. The third kappa shape index (κ3) is 4.04. The molecule has 0 bridgehead atoms. The van der Waals surface area contributed by atoms with E-state index in [4.69, 9.17) is 0 Å². The van der Waals surface area contributed by atoms with Gasteiger partial charge in [-0.3, -0.25) is 4.79 Å². The first-order valence-electron chi connectivity index (χ1n) is 5.18. The highest BCUT2D eigenvalue weighted by molar-refractivity contribution is 9.11. The monoisotopic (exact) mass is 354 g/mol. The molecule has 0 radical (unpaired) electrons. The number of nitrogens with one attached hydrogen (secondary N) is 1. The van der Waals surface area contributed by atoms with Crippen LogP contribution in [0, 0.1) is 6.92 Å². The molecule has 1 amide bonds. The molecule has 8 heteroatoms. The first-order chi connectivity index (χ1) is 8.24. The Kier molecular flexibility index (Phi) is 5.32. The zero-order valence-electron chi connectivity index (χ0n) is 10.4. The molecule has 0 aromatic carbocycles. The van der Waals surface area contributed by atoms with Crippen LogP contribution in [0.3, 0.4) is 0 Å². The molecule has 0 aliphatic heterocycles. The van der Waals surface area contributed by atoms with Gasteiger partial charge in [-0.1, -0.05) is 0 Å². The smallest absolute Gasteiger partial charge is 0.261 e. The molecule has 18 heavy (non-hydrogen) atoms. The summed E-state index contributed by atoms with van der Waals surface area (Å²) >= 11 is 4.67. The van der Waals surface area contributed by atoms with E-state index in [1.54, 1.807) is 6.07 Å². The van der Waals surface area contributed by atoms with Crippen molar-refractivity contribution in [2.45, 2.75) is 6.92 Å². The SMILES string of the molecule is Cc1cc(C(=O)NCCS(=O)(=O)N(C)C)sc1Br. The Morgan fingerprint density at radius 2 is 2.11 bits per heavy atom. The fourth-order valence-corrected chi connectivity index (χ4v) is 3.31. The fourth-order valence-electron chi connectivity index (χ4n) is 1.14. The maximum absolute atomic E-state index is 11.7. The van der Waals surface area contributed by atoms with Gasteiger partial charge in [0, 0.05) is 20.6 Å². The molecule has 0 atom stereocenters. The molecular weight excluding hydrogens is 340 g/mol. The van der Waals surface area contributed by atoms with Crippen LogP contribution in [-0.4, -0.2) is 45.0 Å². The van der Waals surface area contributed by atoms with Crippen LogP contribution in [0.25, 0.3) is 0 Å². The van der Waals surface area contributed by atoms with E-state index in [-0.39, 0.29) is 18.2 Å². The Morgan fingerprint density at radius 3 is 2.56 bits per heavy atom. The predicted octanol–water partition coefficient (Wildman–Crippen LogP) is 1.44. The molecule has 0 unspecified atom stereocenters. The summed E-state index contributed by atoms with van der Waals surface area (Å²) in [4.78, 5) is 12.3. The third-order valence-electron chi connectivity index (χ3n) is 2.28. The van der Waals surface area contributed by atoms with Crippen molar-refractivity contribution >= 4 is 43.2 Å². The second-order valence-corrected chi connectivity index (χ2v) is 8.59. The summed E-state index contributed by atoms with van der Waals surface area (Å²) < 4.78 is 25.0. The number of sulfonamides is 1. The summed E-state index contributed by atoms with van der Waals surface area (Å²) in [5, 5.41) is 2.60. The van der Waals surface area contributed by atoms with Gasteiger partial charge in [0.25, 0.3) is 5.91 Å². The number of hydrogen-bond acceptors (Lipinski definition) is 4. The Balaban J connectivity index is 2.53. The van der Waals surface area contributed by atoms with E-state index < -0.39 is 10.0 Å². The lowest BCUT2D eigenvalue weighted by atomic mass is 10.3. The van der Waals surface area contributed by atoms with Crippen LogP contribution in [0.5, 0.6) is 0 Å². The highest BCUT2D eigenvalue weighted by atomic mass is 79.9. The largest absolute Gasteiger partial charge is 0.350 e. The average molecular weight is 355 g/mol. The zero-order valence-corrected chi connectivity index (χ0v) is 13.6. The standard InChI is InChI=1S/C10H15BrN2O3S2/c1-7-6-8(17-9(7)11)10(14)12-4-5-18(15,16)13(2)3/h6H,4-5H2,1-3H3,(H,12,14). The van der Waals surface area contributed by atoms with Crippen LogP contribution >= 0.6 is 27.3 Å². The molecule has 5 nitrogen and oxygen atoms in total. The molecule has 0 saturated carbocycles. The number of nitrogens with zero attached hydrogens (tertiary/aromatic N) is 1. The molecule has 0 fully saturated rings. The van der Waals surface area contributed by atoms with Crippen molar-refractivity contribution in [3.8, 4) is 0 Å². The van der Waals surface area contributed by atoms with Gasteiger partial charge in [0.2, 0.25) is 10.0 Å². The van der Waals surface area contributed by atoms with Crippen molar-refractivity contribution in [1.29, 1.82) is 0 Å². The van der Waals surface area contributed by atoms with Crippen molar-refractivity contribution in [3.05, 3.63) is 20.3 Å². The Hall–Kier alpha value is -0.440. The van der Waals surface area contributed by atoms with Gasteiger partial charge in [-0.25, -0.2) is 12.7 Å². The number of hydrogen-bond donors (Lipinski definition) is 1. The molecule has 0 spiro atoms. The van der Waals surface area contributed by atoms with Crippen LogP contribution in [0.15, 0.2) is 9.85 Å². The highest BCUT2D eigenvalue weighted by Gasteiger charge is 2.15. The van der Waals surface area contributed by atoms with Gasteiger partial charge in [0.15, 0.2) is 0 Å². The molecule has 0 saturated heterocycles. The minimum Gasteiger partial charge on any atom is -0.350 e. The van der Waals surface area contributed by atoms with E-state index in [1.165, 1.54) is 25.4 Å². The molecule has 1 aromatic heterocycles. The maximum Gasteiger partial charge on any atom is 0.261 e. The van der Waals surface area contributed by atoms with Crippen LogP contribution < -0.4 is 5.32 Å².